The first-order chi connectivity index (χ1) is 8.02. The fourth-order valence-electron chi connectivity index (χ4n) is 2.25. The second kappa shape index (κ2) is 4.82. The first kappa shape index (κ1) is 12.6. The molecule has 0 aromatic heterocycles. The summed E-state index contributed by atoms with van der Waals surface area (Å²) in [4.78, 5) is 11.6. The monoisotopic (exact) mass is 242 g/mol. The van der Waals surface area contributed by atoms with Gasteiger partial charge < -0.3 is 20.1 Å². The van der Waals surface area contributed by atoms with Crippen molar-refractivity contribution < 1.29 is 14.3 Å². The fourth-order valence-corrected chi connectivity index (χ4v) is 2.25. The topological polar surface area (TPSA) is 59.6 Å². The smallest absolute Gasteiger partial charge is 0.315 e. The number of urea groups is 1. The van der Waals surface area contributed by atoms with Crippen molar-refractivity contribution in [3.8, 4) is 0 Å². The lowest BCUT2D eigenvalue weighted by atomic mass is 9.79. The molecule has 0 aromatic rings. The molecule has 0 atom stereocenters. The molecular formula is C12H22N2O3. The lowest BCUT2D eigenvalue weighted by Gasteiger charge is -2.39. The van der Waals surface area contributed by atoms with Gasteiger partial charge in [-0.15, -0.1) is 0 Å². The summed E-state index contributed by atoms with van der Waals surface area (Å²) in [5, 5.41) is 5.85. The van der Waals surface area contributed by atoms with Crippen molar-refractivity contribution in [1.82, 2.24) is 10.6 Å². The van der Waals surface area contributed by atoms with E-state index >= 15 is 0 Å². The van der Waals surface area contributed by atoms with Crippen molar-refractivity contribution in [2.24, 2.45) is 0 Å². The van der Waals surface area contributed by atoms with Crippen LogP contribution in [0.2, 0.25) is 0 Å². The molecule has 2 N–H and O–H groups in total. The van der Waals surface area contributed by atoms with E-state index in [1.54, 1.807) is 0 Å². The van der Waals surface area contributed by atoms with Gasteiger partial charge in [-0.05, 0) is 33.1 Å². The standard InChI is InChI=1S/C12H22N2O3/c1-11(4-3-5-11)14-10(15)13-7-6-12(2)16-8-9-17-12/h3-9H2,1-2H3,(H2,13,14,15). The van der Waals surface area contributed by atoms with Crippen LogP contribution in [0.3, 0.4) is 0 Å². The van der Waals surface area contributed by atoms with Crippen LogP contribution in [-0.2, 0) is 9.47 Å². The first-order valence-corrected chi connectivity index (χ1v) is 6.35. The Morgan fingerprint density at radius 2 is 1.88 bits per heavy atom. The summed E-state index contributed by atoms with van der Waals surface area (Å²) in [7, 11) is 0. The molecule has 17 heavy (non-hydrogen) atoms. The Morgan fingerprint density at radius 1 is 1.24 bits per heavy atom. The molecule has 1 aliphatic carbocycles. The Bertz CT molecular complexity index is 283. The van der Waals surface area contributed by atoms with E-state index in [1.165, 1.54) is 6.42 Å². The van der Waals surface area contributed by atoms with Crippen molar-refractivity contribution in [2.45, 2.75) is 50.9 Å². The number of ether oxygens (including phenoxy) is 2. The zero-order valence-corrected chi connectivity index (χ0v) is 10.7. The van der Waals surface area contributed by atoms with Crippen LogP contribution >= 0.6 is 0 Å². The van der Waals surface area contributed by atoms with Crippen LogP contribution in [0.5, 0.6) is 0 Å². The third-order valence-corrected chi connectivity index (χ3v) is 3.64. The van der Waals surface area contributed by atoms with Crippen molar-refractivity contribution in [2.75, 3.05) is 19.8 Å². The van der Waals surface area contributed by atoms with E-state index in [0.717, 1.165) is 12.8 Å². The molecule has 1 saturated heterocycles. The molecule has 1 saturated carbocycles. The highest BCUT2D eigenvalue weighted by atomic mass is 16.7. The molecule has 0 aromatic carbocycles. The number of carbonyl (C=O) groups excluding carboxylic acids is 1. The minimum absolute atomic E-state index is 0.00828. The quantitative estimate of drug-likeness (QED) is 0.783. The lowest BCUT2D eigenvalue weighted by Crippen LogP contribution is -2.54. The van der Waals surface area contributed by atoms with Gasteiger partial charge in [-0.25, -0.2) is 4.79 Å². The highest BCUT2D eigenvalue weighted by Crippen LogP contribution is 2.30. The van der Waals surface area contributed by atoms with Gasteiger partial charge >= 0.3 is 6.03 Å². The van der Waals surface area contributed by atoms with E-state index in [-0.39, 0.29) is 11.6 Å². The van der Waals surface area contributed by atoms with Gasteiger partial charge in [0.25, 0.3) is 0 Å². The highest BCUT2D eigenvalue weighted by Gasteiger charge is 2.34. The second-order valence-electron chi connectivity index (χ2n) is 5.38. The van der Waals surface area contributed by atoms with Crippen molar-refractivity contribution in [3.63, 3.8) is 0 Å². The molecule has 0 unspecified atom stereocenters. The van der Waals surface area contributed by atoms with Gasteiger partial charge in [0, 0.05) is 18.5 Å². The van der Waals surface area contributed by atoms with Gasteiger partial charge in [0.1, 0.15) is 0 Å². The molecule has 0 spiro atoms. The summed E-state index contributed by atoms with van der Waals surface area (Å²) in [5.41, 5.74) is 0.00828. The van der Waals surface area contributed by atoms with E-state index in [1.807, 2.05) is 6.92 Å². The van der Waals surface area contributed by atoms with Gasteiger partial charge in [0.05, 0.1) is 13.2 Å². The Balaban J connectivity index is 1.63. The summed E-state index contributed by atoms with van der Waals surface area (Å²) in [6.07, 6.45) is 4.03. The van der Waals surface area contributed by atoms with Crippen LogP contribution < -0.4 is 10.6 Å². The lowest BCUT2D eigenvalue weighted by molar-refractivity contribution is -0.145. The molecule has 0 bridgehead atoms. The third kappa shape index (κ3) is 3.33. The van der Waals surface area contributed by atoms with Crippen molar-refractivity contribution >= 4 is 6.03 Å². The van der Waals surface area contributed by atoms with E-state index < -0.39 is 5.79 Å². The summed E-state index contributed by atoms with van der Waals surface area (Å²) < 4.78 is 10.9. The van der Waals surface area contributed by atoms with Gasteiger partial charge in [-0.3, -0.25) is 0 Å². The zero-order chi connectivity index (χ0) is 12.4. The average Bonchev–Trinajstić information content (AvgIpc) is 2.63. The van der Waals surface area contributed by atoms with Crippen LogP contribution in [-0.4, -0.2) is 37.1 Å². The van der Waals surface area contributed by atoms with Gasteiger partial charge in [-0.1, -0.05) is 0 Å². The molecule has 5 heteroatoms. The maximum atomic E-state index is 11.6. The fraction of sp³-hybridized carbons (Fsp3) is 0.917. The largest absolute Gasteiger partial charge is 0.348 e. The molecule has 2 rings (SSSR count). The number of nitrogens with one attached hydrogen (secondary N) is 2. The number of hydrogen-bond acceptors (Lipinski definition) is 3. The minimum Gasteiger partial charge on any atom is -0.348 e. The maximum Gasteiger partial charge on any atom is 0.315 e. The summed E-state index contributed by atoms with van der Waals surface area (Å²) in [5.74, 6) is -0.520. The van der Waals surface area contributed by atoms with E-state index in [9.17, 15) is 4.79 Å². The first-order valence-electron chi connectivity index (χ1n) is 6.35. The number of hydrogen-bond donors (Lipinski definition) is 2. The van der Waals surface area contributed by atoms with E-state index in [4.69, 9.17) is 9.47 Å². The van der Waals surface area contributed by atoms with Crippen LogP contribution in [0, 0.1) is 0 Å². The predicted octanol–water partition coefficient (Wildman–Crippen LogP) is 1.38. The molecule has 0 radical (unpaired) electrons. The maximum absolute atomic E-state index is 11.6. The Hall–Kier alpha value is -0.810. The van der Waals surface area contributed by atoms with Crippen LogP contribution in [0.1, 0.15) is 39.5 Å². The third-order valence-electron chi connectivity index (χ3n) is 3.64. The van der Waals surface area contributed by atoms with E-state index in [2.05, 4.69) is 17.6 Å². The average molecular weight is 242 g/mol. The van der Waals surface area contributed by atoms with Crippen molar-refractivity contribution in [3.05, 3.63) is 0 Å². The van der Waals surface area contributed by atoms with Crippen LogP contribution in [0.25, 0.3) is 0 Å². The predicted molar refractivity (Wildman–Crippen MR) is 63.7 cm³/mol. The SMILES string of the molecule is CC1(NC(=O)NCCC2(C)OCCO2)CCC1. The molecule has 5 nitrogen and oxygen atoms in total. The van der Waals surface area contributed by atoms with Gasteiger partial charge in [0.2, 0.25) is 0 Å². The molecule has 1 aliphatic heterocycles. The van der Waals surface area contributed by atoms with Crippen LogP contribution in [0.4, 0.5) is 4.79 Å². The Labute approximate surface area is 102 Å². The zero-order valence-electron chi connectivity index (χ0n) is 10.7. The second-order valence-corrected chi connectivity index (χ2v) is 5.38. The number of amides is 2. The van der Waals surface area contributed by atoms with E-state index in [0.29, 0.717) is 26.2 Å². The Morgan fingerprint density at radius 3 is 2.41 bits per heavy atom. The van der Waals surface area contributed by atoms with Gasteiger partial charge in [0.15, 0.2) is 5.79 Å². The normalized spacial score (nSPS) is 25.1. The molecule has 1 heterocycles. The highest BCUT2D eigenvalue weighted by molar-refractivity contribution is 5.74. The minimum atomic E-state index is -0.520. The van der Waals surface area contributed by atoms with Crippen molar-refractivity contribution in [1.29, 1.82) is 0 Å². The Kier molecular flexibility index (Phi) is 3.58. The summed E-state index contributed by atoms with van der Waals surface area (Å²) in [6.45, 7) is 5.84. The molecule has 2 amide bonds. The molecule has 2 aliphatic rings. The molecular weight excluding hydrogens is 220 g/mol. The van der Waals surface area contributed by atoms with Gasteiger partial charge in [-0.2, -0.15) is 0 Å². The van der Waals surface area contributed by atoms with Crippen LogP contribution in [0.15, 0.2) is 0 Å². The number of rotatable bonds is 4. The number of carbonyl (C=O) groups is 1. The molecule has 98 valence electrons. The summed E-state index contributed by atoms with van der Waals surface area (Å²) in [6, 6.07) is -0.0891. The molecule has 2 fully saturated rings. The summed E-state index contributed by atoms with van der Waals surface area (Å²) >= 11 is 0.